The van der Waals surface area contributed by atoms with Gasteiger partial charge in [0.05, 0.1) is 17.5 Å². The first-order valence-corrected chi connectivity index (χ1v) is 8.08. The number of aliphatic hydroxyl groups is 2. The third-order valence-electron chi connectivity index (χ3n) is 3.17. The van der Waals surface area contributed by atoms with Crippen LogP contribution in [-0.4, -0.2) is 37.0 Å². The van der Waals surface area contributed by atoms with Crippen molar-refractivity contribution in [2.75, 3.05) is 5.75 Å². The number of thioether (sulfide) groups is 1. The largest absolute Gasteiger partial charge is 0.389 e. The molecule has 1 heterocycles. The van der Waals surface area contributed by atoms with Crippen LogP contribution in [0.25, 0.3) is 5.69 Å². The Balaban J connectivity index is 2.28. The van der Waals surface area contributed by atoms with Crippen molar-refractivity contribution in [2.24, 2.45) is 0 Å². The molecule has 2 unspecified atom stereocenters. The molecule has 22 heavy (non-hydrogen) atoms. The minimum atomic E-state index is -1.20. The minimum absolute atomic E-state index is 0.1000. The zero-order valence-electron chi connectivity index (χ0n) is 12.2. The third-order valence-corrected chi connectivity index (χ3v) is 4.44. The maximum Gasteiger partial charge on any atom is 0.185 e. The molecule has 2 N–H and O–H groups in total. The van der Waals surface area contributed by atoms with Gasteiger partial charge in [-0.25, -0.2) is 4.68 Å². The van der Waals surface area contributed by atoms with Crippen LogP contribution < -0.4 is 0 Å². The zero-order valence-corrected chi connectivity index (χ0v) is 13.8. The van der Waals surface area contributed by atoms with E-state index in [4.69, 9.17) is 11.6 Å². The minimum Gasteiger partial charge on any atom is -0.389 e. The van der Waals surface area contributed by atoms with Crippen LogP contribution in [0.1, 0.15) is 24.3 Å². The van der Waals surface area contributed by atoms with E-state index in [0.717, 1.165) is 17.4 Å². The highest BCUT2D eigenvalue weighted by Gasteiger charge is 2.27. The van der Waals surface area contributed by atoms with Crippen LogP contribution in [0.3, 0.4) is 0 Å². The summed E-state index contributed by atoms with van der Waals surface area (Å²) in [4.78, 5) is 11.0. The number of aromatic nitrogens is 2. The summed E-state index contributed by atoms with van der Waals surface area (Å²) in [7, 11) is 0. The van der Waals surface area contributed by atoms with E-state index in [9.17, 15) is 15.0 Å². The van der Waals surface area contributed by atoms with Gasteiger partial charge in [0, 0.05) is 18.2 Å². The van der Waals surface area contributed by atoms with Gasteiger partial charge in [-0.05, 0) is 19.1 Å². The van der Waals surface area contributed by atoms with E-state index in [-0.39, 0.29) is 16.0 Å². The highest BCUT2D eigenvalue weighted by molar-refractivity contribution is 8.13. The molecule has 0 fully saturated rings. The van der Waals surface area contributed by atoms with Crippen molar-refractivity contribution in [1.82, 2.24) is 9.78 Å². The van der Waals surface area contributed by atoms with Gasteiger partial charge in [0.1, 0.15) is 11.3 Å². The van der Waals surface area contributed by atoms with Crippen molar-refractivity contribution in [1.29, 1.82) is 0 Å². The molecule has 2 atom stereocenters. The van der Waals surface area contributed by atoms with E-state index in [0.29, 0.717) is 11.3 Å². The molecule has 7 heteroatoms. The van der Waals surface area contributed by atoms with Gasteiger partial charge < -0.3 is 10.2 Å². The average Bonchev–Trinajstić information content (AvgIpc) is 2.80. The SMILES string of the molecule is CC(=O)SCC(O)C(O)c1c(C)nn(-c2ccccc2)c1Cl. The maximum absolute atomic E-state index is 11.0. The molecule has 1 aromatic carbocycles. The Morgan fingerprint density at radius 2 is 2.00 bits per heavy atom. The van der Waals surface area contributed by atoms with Crippen molar-refractivity contribution in [3.05, 3.63) is 46.7 Å². The molecule has 0 bridgehead atoms. The van der Waals surface area contributed by atoms with Crippen LogP contribution in [0.5, 0.6) is 0 Å². The first-order chi connectivity index (χ1) is 10.4. The second kappa shape index (κ2) is 7.28. The van der Waals surface area contributed by atoms with Crippen LogP contribution in [-0.2, 0) is 4.79 Å². The molecule has 0 amide bonds. The Hall–Kier alpha value is -1.34. The van der Waals surface area contributed by atoms with Crippen LogP contribution >= 0.6 is 23.4 Å². The zero-order chi connectivity index (χ0) is 16.3. The summed E-state index contributed by atoms with van der Waals surface area (Å²) in [5, 5.41) is 24.8. The Morgan fingerprint density at radius 1 is 1.36 bits per heavy atom. The van der Waals surface area contributed by atoms with Crippen molar-refractivity contribution in [2.45, 2.75) is 26.1 Å². The number of para-hydroxylation sites is 1. The standard InChI is InChI=1S/C15H17ClN2O3S/c1-9-13(14(21)12(20)8-22-10(2)19)15(16)18(17-9)11-6-4-3-5-7-11/h3-7,12,14,20-21H,8H2,1-2H3. The van der Waals surface area contributed by atoms with E-state index >= 15 is 0 Å². The second-order valence-corrected chi connectivity index (χ2v) is 6.41. The lowest BCUT2D eigenvalue weighted by molar-refractivity contribution is -0.109. The highest BCUT2D eigenvalue weighted by Crippen LogP contribution is 2.31. The lowest BCUT2D eigenvalue weighted by atomic mass is 10.1. The first kappa shape index (κ1) is 17.0. The van der Waals surface area contributed by atoms with E-state index < -0.39 is 12.2 Å². The first-order valence-electron chi connectivity index (χ1n) is 6.71. The van der Waals surface area contributed by atoms with Gasteiger partial charge >= 0.3 is 0 Å². The van der Waals surface area contributed by atoms with E-state index in [2.05, 4.69) is 5.10 Å². The number of aliphatic hydroxyl groups excluding tert-OH is 2. The topological polar surface area (TPSA) is 75.3 Å². The fraction of sp³-hybridized carbons (Fsp3) is 0.333. The smallest absolute Gasteiger partial charge is 0.185 e. The fourth-order valence-electron chi connectivity index (χ4n) is 2.07. The predicted octanol–water partition coefficient (Wildman–Crippen LogP) is 2.51. The van der Waals surface area contributed by atoms with Gasteiger partial charge in [-0.1, -0.05) is 41.6 Å². The molecule has 0 spiro atoms. The van der Waals surface area contributed by atoms with Gasteiger partial charge in [0.2, 0.25) is 0 Å². The summed E-state index contributed by atoms with van der Waals surface area (Å²) >= 11 is 7.28. The highest BCUT2D eigenvalue weighted by atomic mass is 35.5. The Kier molecular flexibility index (Phi) is 5.63. The summed E-state index contributed by atoms with van der Waals surface area (Å²) in [6.45, 7) is 3.13. The predicted molar refractivity (Wildman–Crippen MR) is 87.4 cm³/mol. The lowest BCUT2D eigenvalue weighted by Crippen LogP contribution is -2.22. The number of nitrogens with zero attached hydrogens (tertiary/aromatic N) is 2. The molecule has 0 saturated carbocycles. The second-order valence-electron chi connectivity index (χ2n) is 4.85. The van der Waals surface area contributed by atoms with Gasteiger partial charge in [-0.3, -0.25) is 4.79 Å². The van der Waals surface area contributed by atoms with E-state index in [1.165, 1.54) is 11.6 Å². The van der Waals surface area contributed by atoms with Gasteiger partial charge in [0.25, 0.3) is 0 Å². The van der Waals surface area contributed by atoms with Crippen molar-refractivity contribution < 1.29 is 15.0 Å². The number of halogens is 1. The summed E-state index contributed by atoms with van der Waals surface area (Å²) < 4.78 is 1.51. The number of hydrogen-bond donors (Lipinski definition) is 2. The van der Waals surface area contributed by atoms with Crippen LogP contribution in [0, 0.1) is 6.92 Å². The molecule has 0 aliphatic carbocycles. The van der Waals surface area contributed by atoms with Gasteiger partial charge in [0.15, 0.2) is 5.12 Å². The summed E-state index contributed by atoms with van der Waals surface area (Å²) in [5.74, 6) is 0.1000. The Bertz CT molecular complexity index is 660. The van der Waals surface area contributed by atoms with E-state index in [1.54, 1.807) is 6.92 Å². The number of aryl methyl sites for hydroxylation is 1. The van der Waals surface area contributed by atoms with Crippen molar-refractivity contribution in [3.63, 3.8) is 0 Å². The number of rotatable bonds is 5. The molecular formula is C15H17ClN2O3S. The molecule has 0 aliphatic heterocycles. The quantitative estimate of drug-likeness (QED) is 0.874. The van der Waals surface area contributed by atoms with Crippen LogP contribution in [0.15, 0.2) is 30.3 Å². The van der Waals surface area contributed by atoms with Crippen molar-refractivity contribution in [3.8, 4) is 5.69 Å². The molecule has 5 nitrogen and oxygen atoms in total. The molecule has 0 radical (unpaired) electrons. The average molecular weight is 341 g/mol. The summed E-state index contributed by atoms with van der Waals surface area (Å²) in [6, 6.07) is 9.29. The molecule has 0 aliphatic rings. The van der Waals surface area contributed by atoms with Crippen LogP contribution in [0.2, 0.25) is 5.15 Å². The number of carbonyl (C=O) groups is 1. The summed E-state index contributed by atoms with van der Waals surface area (Å²) in [6.07, 6.45) is -2.30. The van der Waals surface area contributed by atoms with Crippen LogP contribution in [0.4, 0.5) is 0 Å². The number of benzene rings is 1. The number of hydrogen-bond acceptors (Lipinski definition) is 5. The Labute approximate surface area is 137 Å². The lowest BCUT2D eigenvalue weighted by Gasteiger charge is -2.17. The molecular weight excluding hydrogens is 324 g/mol. The maximum atomic E-state index is 11.0. The normalized spacial score (nSPS) is 13.9. The molecule has 2 aromatic rings. The summed E-state index contributed by atoms with van der Waals surface area (Å²) in [5.41, 5.74) is 1.68. The van der Waals surface area contributed by atoms with Gasteiger partial charge in [-0.15, -0.1) is 0 Å². The third kappa shape index (κ3) is 3.70. The van der Waals surface area contributed by atoms with E-state index in [1.807, 2.05) is 30.3 Å². The fourth-order valence-corrected chi connectivity index (χ4v) is 3.05. The molecule has 0 saturated heterocycles. The number of carbonyl (C=O) groups excluding carboxylic acids is 1. The van der Waals surface area contributed by atoms with Crippen molar-refractivity contribution >= 4 is 28.5 Å². The van der Waals surface area contributed by atoms with Gasteiger partial charge in [-0.2, -0.15) is 5.10 Å². The Morgan fingerprint density at radius 3 is 2.59 bits per heavy atom. The molecule has 2 rings (SSSR count). The monoisotopic (exact) mass is 340 g/mol. The molecule has 1 aromatic heterocycles. The molecule has 118 valence electrons.